The van der Waals surface area contributed by atoms with Crippen LogP contribution in [-0.2, 0) is 9.53 Å². The van der Waals surface area contributed by atoms with Gasteiger partial charge in [-0.3, -0.25) is 10.1 Å². The van der Waals surface area contributed by atoms with Crippen LogP contribution in [0.1, 0.15) is 0 Å². The molecular weight excluding hydrogens is 266 g/mol. The second-order valence-corrected chi connectivity index (χ2v) is 4.40. The molecular formula is C9H17NO7S. The molecule has 0 bridgehead atoms. The molecule has 6 N–H and O–H groups in total. The number of carboxylic acids is 1. The van der Waals surface area contributed by atoms with Crippen molar-refractivity contribution in [3.05, 3.63) is 0 Å². The normalized spacial score (nSPS) is 37.7. The second kappa shape index (κ2) is 6.15. The number of ether oxygens (including phenoxy) is 1. The van der Waals surface area contributed by atoms with Crippen molar-refractivity contribution in [3.8, 4) is 0 Å². The number of aliphatic hydroxyl groups excluding tert-OH is 4. The third kappa shape index (κ3) is 2.77. The van der Waals surface area contributed by atoms with E-state index in [9.17, 15) is 20.1 Å². The number of thiol groups is 1. The maximum Gasteiger partial charge on any atom is 0.321 e. The Morgan fingerprint density at radius 2 is 2.06 bits per heavy atom. The van der Waals surface area contributed by atoms with Gasteiger partial charge in [-0.1, -0.05) is 0 Å². The zero-order valence-electron chi connectivity index (χ0n) is 9.43. The van der Waals surface area contributed by atoms with Crippen molar-refractivity contribution in [2.24, 2.45) is 0 Å². The third-order valence-corrected chi connectivity index (χ3v) is 3.22. The summed E-state index contributed by atoms with van der Waals surface area (Å²) in [7, 11) is 0. The topological polar surface area (TPSA) is 139 Å². The van der Waals surface area contributed by atoms with Gasteiger partial charge in [0.15, 0.2) is 5.72 Å². The molecule has 18 heavy (non-hydrogen) atoms. The fourth-order valence-corrected chi connectivity index (χ4v) is 2.06. The van der Waals surface area contributed by atoms with Crippen LogP contribution in [0.15, 0.2) is 0 Å². The molecule has 0 amide bonds. The Hall–Kier alpha value is -0.420. The molecule has 1 aliphatic rings. The molecule has 0 aromatic rings. The summed E-state index contributed by atoms with van der Waals surface area (Å²) in [5, 5.41) is 48.9. The zero-order chi connectivity index (χ0) is 13.9. The van der Waals surface area contributed by atoms with Gasteiger partial charge in [-0.2, -0.15) is 12.6 Å². The smallest absolute Gasteiger partial charge is 0.321 e. The van der Waals surface area contributed by atoms with Crippen LogP contribution >= 0.6 is 12.6 Å². The quantitative estimate of drug-likeness (QED) is 0.252. The van der Waals surface area contributed by atoms with E-state index in [0.29, 0.717) is 0 Å². The van der Waals surface area contributed by atoms with Crippen molar-refractivity contribution < 1.29 is 35.1 Å². The van der Waals surface area contributed by atoms with Crippen molar-refractivity contribution in [3.63, 3.8) is 0 Å². The number of aliphatic carboxylic acids is 1. The van der Waals surface area contributed by atoms with Gasteiger partial charge in [-0.25, -0.2) is 0 Å². The fourth-order valence-electron chi connectivity index (χ4n) is 1.81. The van der Waals surface area contributed by atoms with E-state index in [1.807, 2.05) is 0 Å². The first-order valence-electron chi connectivity index (χ1n) is 5.29. The largest absolute Gasteiger partial charge is 0.480 e. The molecule has 0 unspecified atom stereocenters. The summed E-state index contributed by atoms with van der Waals surface area (Å²) in [6, 6.07) is -1.18. The average molecular weight is 283 g/mol. The molecule has 0 aromatic heterocycles. The highest BCUT2D eigenvalue weighted by molar-refractivity contribution is 7.80. The Labute approximate surface area is 109 Å². The first-order valence-corrected chi connectivity index (χ1v) is 5.92. The highest BCUT2D eigenvalue weighted by atomic mass is 32.1. The maximum atomic E-state index is 10.9. The van der Waals surface area contributed by atoms with E-state index < -0.39 is 49.3 Å². The summed E-state index contributed by atoms with van der Waals surface area (Å²) in [6.07, 6.45) is -4.10. The Bertz CT molecular complexity index is 305. The highest BCUT2D eigenvalue weighted by Crippen LogP contribution is 2.29. The highest BCUT2D eigenvalue weighted by Gasteiger charge is 2.54. The van der Waals surface area contributed by atoms with Gasteiger partial charge in [0.05, 0.1) is 13.2 Å². The van der Waals surface area contributed by atoms with Gasteiger partial charge >= 0.3 is 5.97 Å². The fraction of sp³-hybridized carbons (Fsp3) is 0.889. The number of hydrogen-bond acceptors (Lipinski definition) is 8. The number of carbonyl (C=O) groups is 1. The summed E-state index contributed by atoms with van der Waals surface area (Å²) in [6.45, 7) is -1.33. The first kappa shape index (κ1) is 15.6. The Kier molecular flexibility index (Phi) is 5.34. The maximum absolute atomic E-state index is 10.9. The second-order valence-electron chi connectivity index (χ2n) is 4.04. The van der Waals surface area contributed by atoms with Gasteiger partial charge in [0.25, 0.3) is 0 Å². The van der Waals surface area contributed by atoms with E-state index in [-0.39, 0.29) is 5.75 Å². The van der Waals surface area contributed by atoms with Gasteiger partial charge in [0, 0.05) is 5.75 Å². The van der Waals surface area contributed by atoms with Crippen LogP contribution in [0.5, 0.6) is 0 Å². The molecule has 106 valence electrons. The van der Waals surface area contributed by atoms with E-state index >= 15 is 0 Å². The van der Waals surface area contributed by atoms with Crippen molar-refractivity contribution >= 4 is 18.6 Å². The molecule has 1 heterocycles. The van der Waals surface area contributed by atoms with Gasteiger partial charge < -0.3 is 30.3 Å². The summed E-state index contributed by atoms with van der Waals surface area (Å²) in [5.74, 6) is -1.34. The zero-order valence-corrected chi connectivity index (χ0v) is 10.3. The molecule has 0 saturated carbocycles. The lowest BCUT2D eigenvalue weighted by Gasteiger charge is -2.33. The van der Waals surface area contributed by atoms with Crippen molar-refractivity contribution in [2.45, 2.75) is 30.1 Å². The predicted molar refractivity (Wildman–Crippen MR) is 62.2 cm³/mol. The Morgan fingerprint density at radius 3 is 2.39 bits per heavy atom. The Balaban J connectivity index is 2.89. The van der Waals surface area contributed by atoms with Crippen molar-refractivity contribution in [1.29, 1.82) is 0 Å². The van der Waals surface area contributed by atoms with E-state index in [2.05, 4.69) is 17.9 Å². The molecule has 1 aliphatic heterocycles. The minimum Gasteiger partial charge on any atom is -0.480 e. The van der Waals surface area contributed by atoms with Gasteiger partial charge in [0.2, 0.25) is 0 Å². The summed E-state index contributed by atoms with van der Waals surface area (Å²) < 4.78 is 5.15. The van der Waals surface area contributed by atoms with E-state index in [1.165, 1.54) is 0 Å². The number of rotatable bonds is 6. The van der Waals surface area contributed by atoms with Crippen LogP contribution in [0.3, 0.4) is 0 Å². The Morgan fingerprint density at radius 1 is 1.44 bits per heavy atom. The molecule has 0 radical (unpaired) electrons. The molecule has 0 spiro atoms. The minimum atomic E-state index is -1.83. The number of nitrogens with one attached hydrogen (secondary N) is 1. The number of aliphatic hydroxyl groups is 4. The molecule has 0 aromatic carbocycles. The number of carboxylic acid groups (broad SMARTS) is 1. The monoisotopic (exact) mass is 283 g/mol. The van der Waals surface area contributed by atoms with Gasteiger partial charge in [-0.05, 0) is 0 Å². The minimum absolute atomic E-state index is 0.104. The van der Waals surface area contributed by atoms with Gasteiger partial charge in [0.1, 0.15) is 24.4 Å². The van der Waals surface area contributed by atoms with Crippen LogP contribution in [0, 0.1) is 0 Å². The van der Waals surface area contributed by atoms with Crippen molar-refractivity contribution in [1.82, 2.24) is 5.32 Å². The molecule has 1 rings (SSSR count). The van der Waals surface area contributed by atoms with Crippen molar-refractivity contribution in [2.75, 3.05) is 19.0 Å². The predicted octanol–water partition coefficient (Wildman–Crippen LogP) is -3.24. The molecule has 0 aliphatic carbocycles. The summed E-state index contributed by atoms with van der Waals surface area (Å²) >= 11 is 3.83. The molecule has 9 heteroatoms. The van der Waals surface area contributed by atoms with Crippen LogP contribution in [0.25, 0.3) is 0 Å². The standard InChI is InChI=1S/C9H17NO7S/c11-1-5-6(13)7(14)9(3-12,17-5)10-4(2-18)8(15)16/h4-7,10-14,18H,1-3H2,(H,15,16)/t4-,5+,6+,7-,9-/m0/s1. The molecule has 1 saturated heterocycles. The van der Waals surface area contributed by atoms with E-state index in [0.717, 1.165) is 0 Å². The molecule has 5 atom stereocenters. The lowest BCUT2D eigenvalue weighted by atomic mass is 10.0. The molecule has 1 fully saturated rings. The summed E-state index contributed by atoms with van der Waals surface area (Å²) in [5.41, 5.74) is -1.83. The summed E-state index contributed by atoms with van der Waals surface area (Å²) in [4.78, 5) is 10.9. The molecule has 8 nitrogen and oxygen atoms in total. The lowest BCUT2D eigenvalue weighted by Crippen LogP contribution is -2.62. The first-order chi connectivity index (χ1) is 8.41. The van der Waals surface area contributed by atoms with Crippen LogP contribution in [0.2, 0.25) is 0 Å². The van der Waals surface area contributed by atoms with E-state index in [1.54, 1.807) is 0 Å². The van der Waals surface area contributed by atoms with Crippen LogP contribution in [0.4, 0.5) is 0 Å². The van der Waals surface area contributed by atoms with Crippen LogP contribution < -0.4 is 5.32 Å². The number of hydrogen-bond donors (Lipinski definition) is 7. The van der Waals surface area contributed by atoms with E-state index in [4.69, 9.17) is 14.9 Å². The van der Waals surface area contributed by atoms with Gasteiger partial charge in [-0.15, -0.1) is 0 Å². The van der Waals surface area contributed by atoms with Crippen LogP contribution in [-0.4, -0.2) is 80.5 Å². The average Bonchev–Trinajstić information content (AvgIpc) is 2.60. The SMILES string of the molecule is O=C(O)[C@H](CS)N[C@@]1(CO)O[C@H](CO)[C@@H](O)[C@@H]1O. The third-order valence-electron chi connectivity index (χ3n) is 2.86. The lowest BCUT2D eigenvalue weighted by molar-refractivity contribution is -0.157.